The normalized spacial score (nSPS) is 36.4. The summed E-state index contributed by atoms with van der Waals surface area (Å²) < 4.78 is 0. The zero-order valence-electron chi connectivity index (χ0n) is 9.76. The zero-order chi connectivity index (χ0) is 9.97. The number of hydrogen-bond acceptors (Lipinski definition) is 1. The lowest BCUT2D eigenvalue weighted by Crippen LogP contribution is -2.39. The first-order chi connectivity index (χ1) is 6.75. The molecule has 0 heterocycles. The second-order valence-corrected chi connectivity index (χ2v) is 5.62. The molecule has 2 aliphatic rings. The van der Waals surface area contributed by atoms with Crippen LogP contribution in [0.1, 0.15) is 58.8 Å². The Labute approximate surface area is 88.7 Å². The van der Waals surface area contributed by atoms with Gasteiger partial charge in [0.1, 0.15) is 0 Å². The highest BCUT2D eigenvalue weighted by molar-refractivity contribution is 4.84. The van der Waals surface area contributed by atoms with Crippen LogP contribution in [0.4, 0.5) is 0 Å². The van der Waals surface area contributed by atoms with Crippen LogP contribution >= 0.6 is 0 Å². The minimum atomic E-state index is 0.771. The Bertz CT molecular complexity index is 172. The average molecular weight is 195 g/mol. The number of rotatable bonds is 3. The Morgan fingerprint density at radius 3 is 2.36 bits per heavy atom. The van der Waals surface area contributed by atoms with E-state index in [1.165, 1.54) is 44.9 Å². The molecule has 0 aromatic carbocycles. The molecule has 2 unspecified atom stereocenters. The Balaban J connectivity index is 1.73. The summed E-state index contributed by atoms with van der Waals surface area (Å²) in [6.45, 7) is 4.79. The van der Waals surface area contributed by atoms with E-state index in [0.717, 1.165) is 23.9 Å². The van der Waals surface area contributed by atoms with E-state index in [1.807, 2.05) is 0 Å². The topological polar surface area (TPSA) is 12.0 Å². The van der Waals surface area contributed by atoms with E-state index < -0.39 is 0 Å². The van der Waals surface area contributed by atoms with Crippen LogP contribution in [-0.4, -0.2) is 12.1 Å². The Morgan fingerprint density at radius 1 is 1.07 bits per heavy atom. The summed E-state index contributed by atoms with van der Waals surface area (Å²) in [5.74, 6) is 1.94. The van der Waals surface area contributed by atoms with E-state index >= 15 is 0 Å². The highest BCUT2D eigenvalue weighted by Crippen LogP contribution is 2.30. The first-order valence-corrected chi connectivity index (χ1v) is 6.51. The molecule has 0 saturated heterocycles. The van der Waals surface area contributed by atoms with Gasteiger partial charge in [0.05, 0.1) is 0 Å². The van der Waals surface area contributed by atoms with Gasteiger partial charge in [0.15, 0.2) is 0 Å². The third-order valence-corrected chi connectivity index (χ3v) is 4.30. The van der Waals surface area contributed by atoms with Crippen molar-refractivity contribution in [1.82, 2.24) is 5.32 Å². The number of nitrogens with one attached hydrogen (secondary N) is 1. The van der Waals surface area contributed by atoms with Gasteiger partial charge in [0, 0.05) is 12.1 Å². The first kappa shape index (κ1) is 10.5. The van der Waals surface area contributed by atoms with Crippen molar-refractivity contribution < 1.29 is 0 Å². The van der Waals surface area contributed by atoms with Crippen LogP contribution in [0, 0.1) is 11.8 Å². The van der Waals surface area contributed by atoms with Gasteiger partial charge >= 0.3 is 0 Å². The monoisotopic (exact) mass is 195 g/mol. The van der Waals surface area contributed by atoms with Gasteiger partial charge in [0.25, 0.3) is 0 Å². The molecule has 0 radical (unpaired) electrons. The molecular weight excluding hydrogens is 170 g/mol. The molecule has 2 fully saturated rings. The maximum absolute atomic E-state index is 3.85. The second-order valence-electron chi connectivity index (χ2n) is 5.62. The molecule has 1 N–H and O–H groups in total. The SMILES string of the molecule is CC1CCC(N[C@H](C)C2CCCC2)C1. The molecule has 0 spiro atoms. The van der Waals surface area contributed by atoms with Crippen LogP contribution in [0.5, 0.6) is 0 Å². The fraction of sp³-hybridized carbons (Fsp3) is 1.00. The maximum Gasteiger partial charge on any atom is 0.00722 e. The molecular formula is C13H25N. The van der Waals surface area contributed by atoms with Crippen molar-refractivity contribution in [3.63, 3.8) is 0 Å². The summed E-state index contributed by atoms with van der Waals surface area (Å²) in [5.41, 5.74) is 0. The second kappa shape index (κ2) is 4.65. The summed E-state index contributed by atoms with van der Waals surface area (Å²) in [6.07, 6.45) is 10.1. The number of hydrogen-bond donors (Lipinski definition) is 1. The van der Waals surface area contributed by atoms with Crippen LogP contribution in [0.2, 0.25) is 0 Å². The van der Waals surface area contributed by atoms with Crippen LogP contribution < -0.4 is 5.32 Å². The lowest BCUT2D eigenvalue weighted by molar-refractivity contribution is 0.338. The van der Waals surface area contributed by atoms with Crippen LogP contribution in [0.25, 0.3) is 0 Å². The smallest absolute Gasteiger partial charge is 0.00722 e. The molecule has 1 nitrogen and oxygen atoms in total. The molecule has 1 heteroatoms. The van der Waals surface area contributed by atoms with Crippen molar-refractivity contribution in [2.24, 2.45) is 11.8 Å². The van der Waals surface area contributed by atoms with Gasteiger partial charge in [-0.15, -0.1) is 0 Å². The predicted molar refractivity (Wildman–Crippen MR) is 61.4 cm³/mol. The van der Waals surface area contributed by atoms with Crippen LogP contribution in [0.3, 0.4) is 0 Å². The predicted octanol–water partition coefficient (Wildman–Crippen LogP) is 3.34. The molecule has 2 rings (SSSR count). The summed E-state index contributed by atoms with van der Waals surface area (Å²) in [5, 5.41) is 3.85. The van der Waals surface area contributed by atoms with Gasteiger partial charge in [-0.2, -0.15) is 0 Å². The van der Waals surface area contributed by atoms with Gasteiger partial charge in [0.2, 0.25) is 0 Å². The van der Waals surface area contributed by atoms with E-state index in [2.05, 4.69) is 19.2 Å². The highest BCUT2D eigenvalue weighted by atomic mass is 15.0. The highest BCUT2D eigenvalue weighted by Gasteiger charge is 2.26. The molecule has 2 saturated carbocycles. The molecule has 0 aromatic rings. The summed E-state index contributed by atoms with van der Waals surface area (Å²) in [4.78, 5) is 0. The molecule has 3 atom stereocenters. The maximum atomic E-state index is 3.85. The molecule has 0 bridgehead atoms. The molecule has 0 aromatic heterocycles. The van der Waals surface area contributed by atoms with E-state index in [-0.39, 0.29) is 0 Å². The van der Waals surface area contributed by atoms with Gasteiger partial charge in [-0.05, 0) is 50.9 Å². The standard InChI is InChI=1S/C13H25N/c1-10-7-8-13(9-10)14-11(2)12-5-3-4-6-12/h10-14H,3-9H2,1-2H3/t10?,11-,13?/m1/s1. The first-order valence-electron chi connectivity index (χ1n) is 6.51. The van der Waals surface area contributed by atoms with E-state index in [1.54, 1.807) is 0 Å². The fourth-order valence-corrected chi connectivity index (χ4v) is 3.32. The van der Waals surface area contributed by atoms with Gasteiger partial charge < -0.3 is 5.32 Å². The van der Waals surface area contributed by atoms with Gasteiger partial charge in [-0.3, -0.25) is 0 Å². The minimum Gasteiger partial charge on any atom is -0.311 e. The van der Waals surface area contributed by atoms with Crippen molar-refractivity contribution in [2.45, 2.75) is 70.9 Å². The van der Waals surface area contributed by atoms with Gasteiger partial charge in [-0.25, -0.2) is 0 Å². The molecule has 82 valence electrons. The third kappa shape index (κ3) is 2.50. The average Bonchev–Trinajstić information content (AvgIpc) is 2.75. The van der Waals surface area contributed by atoms with Gasteiger partial charge in [-0.1, -0.05) is 19.8 Å². The summed E-state index contributed by atoms with van der Waals surface area (Å²) in [6, 6.07) is 1.60. The van der Waals surface area contributed by atoms with E-state index in [0.29, 0.717) is 0 Å². The zero-order valence-corrected chi connectivity index (χ0v) is 9.76. The van der Waals surface area contributed by atoms with Crippen molar-refractivity contribution in [2.75, 3.05) is 0 Å². The summed E-state index contributed by atoms with van der Waals surface area (Å²) >= 11 is 0. The third-order valence-electron chi connectivity index (χ3n) is 4.30. The molecule has 2 aliphatic carbocycles. The van der Waals surface area contributed by atoms with Crippen molar-refractivity contribution in [1.29, 1.82) is 0 Å². The Kier molecular flexibility index (Phi) is 3.48. The van der Waals surface area contributed by atoms with Crippen molar-refractivity contribution in [3.8, 4) is 0 Å². The molecule has 0 amide bonds. The largest absolute Gasteiger partial charge is 0.311 e. The van der Waals surface area contributed by atoms with E-state index in [4.69, 9.17) is 0 Å². The van der Waals surface area contributed by atoms with Crippen molar-refractivity contribution in [3.05, 3.63) is 0 Å². The fourth-order valence-electron chi connectivity index (χ4n) is 3.32. The molecule has 14 heavy (non-hydrogen) atoms. The summed E-state index contributed by atoms with van der Waals surface area (Å²) in [7, 11) is 0. The Morgan fingerprint density at radius 2 is 1.79 bits per heavy atom. The van der Waals surface area contributed by atoms with Crippen LogP contribution in [0.15, 0.2) is 0 Å². The van der Waals surface area contributed by atoms with Crippen LogP contribution in [-0.2, 0) is 0 Å². The minimum absolute atomic E-state index is 0.771. The lowest BCUT2D eigenvalue weighted by atomic mass is 9.98. The lowest BCUT2D eigenvalue weighted by Gasteiger charge is -2.24. The van der Waals surface area contributed by atoms with E-state index in [9.17, 15) is 0 Å². The van der Waals surface area contributed by atoms with Crippen molar-refractivity contribution >= 4 is 0 Å². The quantitative estimate of drug-likeness (QED) is 0.728. The Hall–Kier alpha value is -0.0400. The molecule has 0 aliphatic heterocycles.